The molecule has 0 saturated heterocycles. The average molecular weight is 649 g/mol. The van der Waals surface area contributed by atoms with E-state index in [0.29, 0.717) is 0 Å². The fourth-order valence-electron chi connectivity index (χ4n) is 7.92. The third-order valence-electron chi connectivity index (χ3n) is 10.3. The van der Waals surface area contributed by atoms with E-state index in [1.165, 1.54) is 71.6 Å². The van der Waals surface area contributed by atoms with Gasteiger partial charge in [0.2, 0.25) is 0 Å². The first kappa shape index (κ1) is 29.2. The van der Waals surface area contributed by atoms with Gasteiger partial charge in [-0.15, -0.1) is 0 Å². The van der Waals surface area contributed by atoms with Crippen LogP contribution in [-0.2, 0) is 0 Å². The van der Waals surface area contributed by atoms with Gasteiger partial charge < -0.3 is 4.42 Å². The van der Waals surface area contributed by atoms with Gasteiger partial charge in [-0.2, -0.15) is 0 Å². The van der Waals surface area contributed by atoms with Gasteiger partial charge in [-0.1, -0.05) is 164 Å². The Labute approximate surface area is 296 Å². The summed E-state index contributed by atoms with van der Waals surface area (Å²) in [6, 6.07) is 69.8. The normalized spacial score (nSPS) is 11.5. The maximum absolute atomic E-state index is 6.60. The third kappa shape index (κ3) is 4.94. The van der Waals surface area contributed by atoms with Crippen LogP contribution in [0.15, 0.2) is 199 Å². The zero-order valence-electron chi connectivity index (χ0n) is 27.9. The van der Waals surface area contributed by atoms with E-state index >= 15 is 0 Å². The summed E-state index contributed by atoms with van der Waals surface area (Å²) in [6.07, 6.45) is 0. The molecule has 51 heavy (non-hydrogen) atoms. The lowest BCUT2D eigenvalue weighted by atomic mass is 9.86. The predicted octanol–water partition coefficient (Wildman–Crippen LogP) is 14.2. The van der Waals surface area contributed by atoms with Crippen molar-refractivity contribution in [2.45, 2.75) is 0 Å². The first-order valence-corrected chi connectivity index (χ1v) is 17.5. The second kappa shape index (κ2) is 12.0. The molecule has 9 aromatic carbocycles. The summed E-state index contributed by atoms with van der Waals surface area (Å²) >= 11 is 0. The van der Waals surface area contributed by atoms with E-state index in [1.807, 2.05) is 0 Å². The van der Waals surface area contributed by atoms with Crippen molar-refractivity contribution in [3.05, 3.63) is 194 Å². The van der Waals surface area contributed by atoms with E-state index in [-0.39, 0.29) is 0 Å². The summed E-state index contributed by atoms with van der Waals surface area (Å²) in [7, 11) is 0. The molecule has 0 spiro atoms. The highest BCUT2D eigenvalue weighted by Crippen LogP contribution is 2.45. The minimum absolute atomic E-state index is 0.889. The molecule has 0 aliphatic heterocycles. The molecule has 10 rings (SSSR count). The molecule has 10 aromatic rings. The smallest absolute Gasteiger partial charge is 0.136 e. The van der Waals surface area contributed by atoms with Crippen LogP contribution >= 0.6 is 0 Å². The van der Waals surface area contributed by atoms with Crippen molar-refractivity contribution in [1.29, 1.82) is 0 Å². The highest BCUT2D eigenvalue weighted by Gasteiger charge is 2.18. The van der Waals surface area contributed by atoms with Gasteiger partial charge in [0.25, 0.3) is 0 Å². The highest BCUT2D eigenvalue weighted by molar-refractivity contribution is 6.22. The largest absolute Gasteiger partial charge is 0.456 e. The standard InChI is InChI=1S/C50H32O/c1-4-14-33(15-5-1)36-24-27-39(45(30-36)34-16-6-2-7-17-34)37-25-28-40-46-31-38(26-29-47(46)51-48(40)32-37)50-43-22-12-10-20-41(43)49(35-18-8-3-9-19-35)42-21-11-13-23-44(42)50/h1-32H. The second-order valence-corrected chi connectivity index (χ2v) is 13.2. The maximum Gasteiger partial charge on any atom is 0.136 e. The van der Waals surface area contributed by atoms with Crippen LogP contribution in [0.2, 0.25) is 0 Å². The van der Waals surface area contributed by atoms with Crippen LogP contribution in [-0.4, -0.2) is 0 Å². The fraction of sp³-hybridized carbons (Fsp3) is 0. The molecular weight excluding hydrogens is 617 g/mol. The lowest BCUT2D eigenvalue weighted by molar-refractivity contribution is 0.669. The Balaban J connectivity index is 1.14. The van der Waals surface area contributed by atoms with Gasteiger partial charge in [-0.05, 0) is 108 Å². The van der Waals surface area contributed by atoms with E-state index in [0.717, 1.165) is 27.5 Å². The number of hydrogen-bond acceptors (Lipinski definition) is 1. The van der Waals surface area contributed by atoms with E-state index in [9.17, 15) is 0 Å². The minimum atomic E-state index is 0.889. The molecule has 0 fully saturated rings. The molecule has 1 heterocycles. The Morgan fingerprint density at radius 2 is 0.745 bits per heavy atom. The summed E-state index contributed by atoms with van der Waals surface area (Å²) in [5, 5.41) is 7.25. The molecule has 0 aliphatic carbocycles. The quantitative estimate of drug-likeness (QED) is 0.169. The Morgan fingerprint density at radius 3 is 1.37 bits per heavy atom. The van der Waals surface area contributed by atoms with Crippen molar-refractivity contribution >= 4 is 43.5 Å². The van der Waals surface area contributed by atoms with Gasteiger partial charge in [0, 0.05) is 10.8 Å². The Kier molecular flexibility index (Phi) is 6.89. The molecular formula is C50H32O. The maximum atomic E-state index is 6.60. The number of benzene rings is 9. The number of furan rings is 1. The van der Waals surface area contributed by atoms with Gasteiger partial charge in [0.15, 0.2) is 0 Å². The summed E-state index contributed by atoms with van der Waals surface area (Å²) in [6.45, 7) is 0. The highest BCUT2D eigenvalue weighted by atomic mass is 16.3. The minimum Gasteiger partial charge on any atom is -0.456 e. The molecule has 238 valence electrons. The van der Waals surface area contributed by atoms with Crippen LogP contribution in [0.1, 0.15) is 0 Å². The molecule has 1 aromatic heterocycles. The molecule has 0 atom stereocenters. The molecule has 1 heteroatoms. The van der Waals surface area contributed by atoms with Crippen molar-refractivity contribution in [3.8, 4) is 55.6 Å². The fourth-order valence-corrected chi connectivity index (χ4v) is 7.92. The van der Waals surface area contributed by atoms with Crippen LogP contribution in [0.25, 0.3) is 99.1 Å². The summed E-state index contributed by atoms with van der Waals surface area (Å²) in [4.78, 5) is 0. The molecule has 0 amide bonds. The zero-order chi connectivity index (χ0) is 33.7. The molecule has 0 radical (unpaired) electrons. The third-order valence-corrected chi connectivity index (χ3v) is 10.3. The Hall–Kier alpha value is -6.70. The Morgan fingerprint density at radius 1 is 0.235 bits per heavy atom. The van der Waals surface area contributed by atoms with Crippen molar-refractivity contribution in [2.24, 2.45) is 0 Å². The van der Waals surface area contributed by atoms with Gasteiger partial charge in [0.1, 0.15) is 11.2 Å². The lowest BCUT2D eigenvalue weighted by Gasteiger charge is -2.17. The van der Waals surface area contributed by atoms with Crippen LogP contribution in [0.4, 0.5) is 0 Å². The van der Waals surface area contributed by atoms with E-state index in [4.69, 9.17) is 4.42 Å². The average Bonchev–Trinajstić information content (AvgIpc) is 3.58. The number of rotatable bonds is 5. The van der Waals surface area contributed by atoms with Crippen molar-refractivity contribution < 1.29 is 4.42 Å². The van der Waals surface area contributed by atoms with Crippen LogP contribution in [0, 0.1) is 0 Å². The molecule has 0 aliphatic rings. The second-order valence-electron chi connectivity index (χ2n) is 13.2. The van der Waals surface area contributed by atoms with Crippen molar-refractivity contribution in [2.75, 3.05) is 0 Å². The first-order chi connectivity index (χ1) is 25.3. The van der Waals surface area contributed by atoms with Gasteiger partial charge in [-0.3, -0.25) is 0 Å². The topological polar surface area (TPSA) is 13.1 Å². The Bertz CT molecular complexity index is 2830. The lowest BCUT2D eigenvalue weighted by Crippen LogP contribution is -1.90. The van der Waals surface area contributed by atoms with Crippen LogP contribution in [0.3, 0.4) is 0 Å². The van der Waals surface area contributed by atoms with Crippen LogP contribution < -0.4 is 0 Å². The number of fused-ring (bicyclic) bond motifs is 5. The summed E-state index contributed by atoms with van der Waals surface area (Å²) < 4.78 is 6.60. The SMILES string of the molecule is c1ccc(-c2ccc(-c3ccc4c(c3)oc3ccc(-c5c6ccccc6c(-c6ccccc6)c6ccccc56)cc34)c(-c3ccccc3)c2)cc1. The van der Waals surface area contributed by atoms with E-state index < -0.39 is 0 Å². The number of hydrogen-bond donors (Lipinski definition) is 0. The van der Waals surface area contributed by atoms with E-state index in [1.54, 1.807) is 0 Å². The predicted molar refractivity (Wildman–Crippen MR) is 216 cm³/mol. The van der Waals surface area contributed by atoms with E-state index in [2.05, 4.69) is 194 Å². The molecule has 0 unspecified atom stereocenters. The molecule has 0 N–H and O–H groups in total. The van der Waals surface area contributed by atoms with Gasteiger partial charge in [-0.25, -0.2) is 0 Å². The monoisotopic (exact) mass is 648 g/mol. The van der Waals surface area contributed by atoms with Gasteiger partial charge in [0.05, 0.1) is 0 Å². The molecule has 0 bridgehead atoms. The molecule has 1 nitrogen and oxygen atoms in total. The summed E-state index contributed by atoms with van der Waals surface area (Å²) in [5.41, 5.74) is 13.8. The van der Waals surface area contributed by atoms with Crippen molar-refractivity contribution in [1.82, 2.24) is 0 Å². The first-order valence-electron chi connectivity index (χ1n) is 17.5. The zero-order valence-corrected chi connectivity index (χ0v) is 27.9. The van der Waals surface area contributed by atoms with Crippen molar-refractivity contribution in [3.63, 3.8) is 0 Å². The molecule has 0 saturated carbocycles. The van der Waals surface area contributed by atoms with Crippen LogP contribution in [0.5, 0.6) is 0 Å². The summed E-state index contributed by atoms with van der Waals surface area (Å²) in [5.74, 6) is 0. The van der Waals surface area contributed by atoms with Gasteiger partial charge >= 0.3 is 0 Å².